The average molecular weight is 176 g/mol. The van der Waals surface area contributed by atoms with Crippen LogP contribution in [0.4, 0.5) is 10.5 Å². The Morgan fingerprint density at radius 2 is 2.15 bits per heavy atom. The van der Waals surface area contributed by atoms with Gasteiger partial charge in [0.15, 0.2) is 0 Å². The minimum atomic E-state index is -1.10. The van der Waals surface area contributed by atoms with Crippen molar-refractivity contribution in [2.45, 2.75) is 12.8 Å². The number of carbonyl (C=O) groups excluding carboxylic acids is 1. The van der Waals surface area contributed by atoms with Gasteiger partial charge in [-0.15, -0.1) is 0 Å². The molecule has 0 aromatic heterocycles. The first-order chi connectivity index (χ1) is 6.29. The van der Waals surface area contributed by atoms with E-state index < -0.39 is 6.09 Å². The molecule has 0 aliphatic carbocycles. The highest BCUT2D eigenvalue weighted by molar-refractivity contribution is 5.86. The smallest absolute Gasteiger partial charge is 0.141 e. The highest BCUT2D eigenvalue weighted by atomic mass is 16.4. The van der Waals surface area contributed by atoms with Crippen LogP contribution in [0.1, 0.15) is 12.0 Å². The number of benzene rings is 1. The van der Waals surface area contributed by atoms with Crippen LogP contribution in [-0.2, 0) is 6.42 Å². The van der Waals surface area contributed by atoms with E-state index in [0.29, 0.717) is 6.54 Å². The van der Waals surface area contributed by atoms with E-state index in [1.807, 2.05) is 24.3 Å². The zero-order chi connectivity index (χ0) is 9.26. The van der Waals surface area contributed by atoms with Gasteiger partial charge in [-0.1, -0.05) is 18.2 Å². The monoisotopic (exact) mass is 176 g/mol. The first-order valence-electron chi connectivity index (χ1n) is 4.35. The van der Waals surface area contributed by atoms with Crippen molar-refractivity contribution in [3.8, 4) is 0 Å². The summed E-state index contributed by atoms with van der Waals surface area (Å²) in [5, 5.41) is 10.7. The Balaban J connectivity index is 2.42. The Morgan fingerprint density at radius 1 is 1.38 bits per heavy atom. The van der Waals surface area contributed by atoms with Gasteiger partial charge < -0.3 is 14.8 Å². The molecule has 68 valence electrons. The molecular weight excluding hydrogens is 166 g/mol. The summed E-state index contributed by atoms with van der Waals surface area (Å²) in [5.41, 5.74) is 1.88. The molecule has 1 aromatic carbocycles. The maximum absolute atomic E-state index is 10.7. The largest absolute Gasteiger partial charge is 0.530 e. The van der Waals surface area contributed by atoms with Crippen LogP contribution in [0.5, 0.6) is 0 Å². The lowest BCUT2D eigenvalue weighted by molar-refractivity contribution is -0.246. The third kappa shape index (κ3) is 1.37. The molecule has 0 bridgehead atoms. The molecule has 0 N–H and O–H groups in total. The van der Waals surface area contributed by atoms with Crippen LogP contribution in [0.25, 0.3) is 0 Å². The molecule has 0 saturated heterocycles. The molecule has 0 spiro atoms. The van der Waals surface area contributed by atoms with Gasteiger partial charge in [-0.05, 0) is 24.5 Å². The third-order valence-electron chi connectivity index (χ3n) is 2.33. The number of nitrogens with zero attached hydrogens (tertiary/aromatic N) is 1. The molecule has 0 unspecified atom stereocenters. The van der Waals surface area contributed by atoms with Gasteiger partial charge in [0.2, 0.25) is 0 Å². The van der Waals surface area contributed by atoms with Gasteiger partial charge in [0.1, 0.15) is 6.09 Å². The normalized spacial score (nSPS) is 15.2. The second kappa shape index (κ2) is 3.09. The number of para-hydroxylation sites is 1. The minimum absolute atomic E-state index is 0.555. The van der Waals surface area contributed by atoms with E-state index in [9.17, 15) is 9.90 Å². The number of hydrogen-bond donors (Lipinski definition) is 0. The number of fused-ring (bicyclic) bond motifs is 1. The van der Waals surface area contributed by atoms with Crippen molar-refractivity contribution >= 4 is 11.8 Å². The number of rotatable bonds is 0. The summed E-state index contributed by atoms with van der Waals surface area (Å²) in [5.74, 6) is 0. The zero-order valence-corrected chi connectivity index (χ0v) is 7.19. The molecule has 0 fully saturated rings. The predicted molar refractivity (Wildman–Crippen MR) is 47.5 cm³/mol. The molecule has 0 saturated carbocycles. The van der Waals surface area contributed by atoms with Crippen molar-refractivity contribution in [3.05, 3.63) is 29.8 Å². The molecule has 0 radical (unpaired) electrons. The van der Waals surface area contributed by atoms with Crippen molar-refractivity contribution in [1.82, 2.24) is 0 Å². The van der Waals surface area contributed by atoms with Crippen molar-refractivity contribution < 1.29 is 9.90 Å². The van der Waals surface area contributed by atoms with E-state index in [4.69, 9.17) is 0 Å². The molecule has 2 rings (SSSR count). The van der Waals surface area contributed by atoms with E-state index in [-0.39, 0.29) is 0 Å². The summed E-state index contributed by atoms with van der Waals surface area (Å²) in [6.07, 6.45) is 0.734. The molecule has 0 atom stereocenters. The lowest BCUT2D eigenvalue weighted by Gasteiger charge is -2.31. The average Bonchev–Trinajstić information content (AvgIpc) is 2.17. The fraction of sp³-hybridized carbons (Fsp3) is 0.300. The summed E-state index contributed by atoms with van der Waals surface area (Å²) in [6.45, 7) is 0.555. The highest BCUT2D eigenvalue weighted by Crippen LogP contribution is 2.25. The summed E-state index contributed by atoms with van der Waals surface area (Å²) in [6, 6.07) is 7.56. The molecule has 1 heterocycles. The molecule has 1 amide bonds. The maximum atomic E-state index is 10.7. The van der Waals surface area contributed by atoms with Gasteiger partial charge in [0.25, 0.3) is 0 Å². The van der Waals surface area contributed by atoms with Gasteiger partial charge in [-0.3, -0.25) is 0 Å². The molecule has 1 aliphatic rings. The number of anilines is 1. The zero-order valence-electron chi connectivity index (χ0n) is 7.19. The van der Waals surface area contributed by atoms with Crippen molar-refractivity contribution in [2.75, 3.05) is 11.4 Å². The Morgan fingerprint density at radius 3 is 2.92 bits per heavy atom. The molecule has 1 aliphatic heterocycles. The van der Waals surface area contributed by atoms with Crippen LogP contribution in [-0.4, -0.2) is 12.6 Å². The van der Waals surface area contributed by atoms with E-state index in [1.165, 1.54) is 4.90 Å². The van der Waals surface area contributed by atoms with Gasteiger partial charge >= 0.3 is 0 Å². The summed E-state index contributed by atoms with van der Waals surface area (Å²) < 4.78 is 0. The molecular formula is C10H10NO2-. The second-order valence-corrected chi connectivity index (χ2v) is 3.15. The van der Waals surface area contributed by atoms with Crippen molar-refractivity contribution in [2.24, 2.45) is 0 Å². The quantitative estimate of drug-likeness (QED) is 0.586. The molecule has 13 heavy (non-hydrogen) atoms. The summed E-state index contributed by atoms with van der Waals surface area (Å²) >= 11 is 0. The van der Waals surface area contributed by atoms with E-state index in [0.717, 1.165) is 24.1 Å². The number of carboxylic acid groups (broad SMARTS) is 1. The number of hydrogen-bond acceptors (Lipinski definition) is 2. The topological polar surface area (TPSA) is 43.4 Å². The summed E-state index contributed by atoms with van der Waals surface area (Å²) in [4.78, 5) is 12.0. The first-order valence-corrected chi connectivity index (χ1v) is 4.35. The Kier molecular flexibility index (Phi) is 1.93. The fourth-order valence-corrected chi connectivity index (χ4v) is 1.72. The maximum Gasteiger partial charge on any atom is 0.141 e. The second-order valence-electron chi connectivity index (χ2n) is 3.15. The van der Waals surface area contributed by atoms with E-state index >= 15 is 0 Å². The lowest BCUT2D eigenvalue weighted by atomic mass is 10.0. The van der Waals surface area contributed by atoms with Crippen LogP contribution in [0.15, 0.2) is 24.3 Å². The molecule has 3 heteroatoms. The van der Waals surface area contributed by atoms with Crippen molar-refractivity contribution in [1.29, 1.82) is 0 Å². The van der Waals surface area contributed by atoms with Crippen LogP contribution in [0.3, 0.4) is 0 Å². The van der Waals surface area contributed by atoms with E-state index in [2.05, 4.69) is 0 Å². The summed E-state index contributed by atoms with van der Waals surface area (Å²) in [7, 11) is 0. The van der Waals surface area contributed by atoms with Gasteiger partial charge in [-0.25, -0.2) is 0 Å². The number of carbonyl (C=O) groups is 1. The fourth-order valence-electron chi connectivity index (χ4n) is 1.72. The van der Waals surface area contributed by atoms with E-state index in [1.54, 1.807) is 0 Å². The van der Waals surface area contributed by atoms with Crippen LogP contribution in [0.2, 0.25) is 0 Å². The standard InChI is InChI=1S/C10H11NO2/c12-10(13)11-7-3-5-8-4-1-2-6-9(8)11/h1-2,4,6H,3,5,7H2,(H,12,13)/p-1. The first kappa shape index (κ1) is 8.10. The van der Waals surface area contributed by atoms with Gasteiger partial charge in [0, 0.05) is 12.2 Å². The molecule has 1 aromatic rings. The Labute approximate surface area is 76.6 Å². The molecule has 3 nitrogen and oxygen atoms in total. The lowest BCUT2D eigenvalue weighted by Crippen LogP contribution is -2.44. The van der Waals surface area contributed by atoms with Gasteiger partial charge in [-0.2, -0.15) is 0 Å². The van der Waals surface area contributed by atoms with Crippen LogP contribution < -0.4 is 10.0 Å². The Bertz CT molecular complexity index is 335. The highest BCUT2D eigenvalue weighted by Gasteiger charge is 2.16. The van der Waals surface area contributed by atoms with Gasteiger partial charge in [0.05, 0.1) is 0 Å². The van der Waals surface area contributed by atoms with Crippen LogP contribution in [0, 0.1) is 0 Å². The SMILES string of the molecule is O=C([O-])N1CCCc2ccccc21. The number of amides is 1. The minimum Gasteiger partial charge on any atom is -0.530 e. The number of aryl methyl sites for hydroxylation is 1. The van der Waals surface area contributed by atoms with Crippen molar-refractivity contribution in [3.63, 3.8) is 0 Å². The Hall–Kier alpha value is -1.51. The predicted octanol–water partition coefficient (Wildman–Crippen LogP) is 0.782. The van der Waals surface area contributed by atoms with Crippen LogP contribution >= 0.6 is 0 Å². The third-order valence-corrected chi connectivity index (χ3v) is 2.33.